The largest absolute Gasteiger partial charge is 0.483 e. The maximum Gasteiger partial charge on any atom is 0.329 e. The number of anilines is 1. The highest BCUT2D eigenvalue weighted by Gasteiger charge is 2.12. The molecule has 0 saturated heterocycles. The number of nitrogens with zero attached hydrogens (tertiary/aromatic N) is 1. The molecule has 0 radical (unpaired) electrons. The van der Waals surface area contributed by atoms with Gasteiger partial charge in [0.1, 0.15) is 5.75 Å². The van der Waals surface area contributed by atoms with Crippen LogP contribution in [0.3, 0.4) is 0 Å². The number of hydrazone groups is 1. The van der Waals surface area contributed by atoms with Gasteiger partial charge in [-0.05, 0) is 51.0 Å². The molecule has 3 N–H and O–H groups in total. The number of nitrogens with one attached hydrogen (secondary N) is 3. The molecule has 0 aromatic heterocycles. The molecule has 0 spiro atoms. The summed E-state index contributed by atoms with van der Waals surface area (Å²) in [5.74, 6) is -1.56. The summed E-state index contributed by atoms with van der Waals surface area (Å²) in [5.41, 5.74) is 4.37. The van der Waals surface area contributed by atoms with Gasteiger partial charge in [0, 0.05) is 24.4 Å². The first-order valence-corrected chi connectivity index (χ1v) is 10.7. The normalized spacial score (nSPS) is 10.8. The lowest BCUT2D eigenvalue weighted by Gasteiger charge is -2.11. The molecule has 3 amide bonds. The maximum absolute atomic E-state index is 12.2. The highest BCUT2D eigenvalue weighted by Crippen LogP contribution is 2.16. The monoisotopic (exact) mass is 454 g/mol. The maximum atomic E-state index is 12.2. The number of hydrogen-bond acceptors (Lipinski definition) is 6. The summed E-state index contributed by atoms with van der Waals surface area (Å²) < 4.78 is 11.0. The van der Waals surface area contributed by atoms with E-state index >= 15 is 0 Å². The third-order valence-electron chi connectivity index (χ3n) is 4.33. The molecule has 9 nitrogen and oxygen atoms in total. The van der Waals surface area contributed by atoms with E-state index in [0.29, 0.717) is 30.9 Å². The second-order valence-corrected chi connectivity index (χ2v) is 7.42. The van der Waals surface area contributed by atoms with Gasteiger partial charge in [0.2, 0.25) is 0 Å². The molecule has 9 heteroatoms. The van der Waals surface area contributed by atoms with Crippen LogP contribution in [0.1, 0.15) is 31.4 Å². The van der Waals surface area contributed by atoms with E-state index in [1.165, 1.54) is 6.21 Å². The van der Waals surface area contributed by atoms with E-state index < -0.39 is 11.8 Å². The summed E-state index contributed by atoms with van der Waals surface area (Å²) in [5, 5.41) is 9.10. The van der Waals surface area contributed by atoms with Crippen molar-refractivity contribution in [3.63, 3.8) is 0 Å². The molecule has 2 aromatic carbocycles. The van der Waals surface area contributed by atoms with E-state index in [9.17, 15) is 14.4 Å². The lowest BCUT2D eigenvalue weighted by atomic mass is 10.2. The molecule has 0 atom stereocenters. The number of rotatable bonds is 11. The Morgan fingerprint density at radius 1 is 1.03 bits per heavy atom. The quantitative estimate of drug-likeness (QED) is 0.209. The molecule has 0 saturated carbocycles. The Morgan fingerprint density at radius 3 is 2.52 bits per heavy atom. The van der Waals surface area contributed by atoms with Crippen LogP contribution in [-0.2, 0) is 19.1 Å². The van der Waals surface area contributed by atoms with E-state index in [-0.39, 0.29) is 18.6 Å². The molecule has 2 rings (SSSR count). The van der Waals surface area contributed by atoms with E-state index in [4.69, 9.17) is 9.47 Å². The Hall–Kier alpha value is -3.72. The zero-order valence-corrected chi connectivity index (χ0v) is 19.1. The summed E-state index contributed by atoms with van der Waals surface area (Å²) in [7, 11) is 0. The molecule has 0 aliphatic rings. The van der Waals surface area contributed by atoms with Gasteiger partial charge in [-0.2, -0.15) is 5.10 Å². The molecule has 176 valence electrons. The highest BCUT2D eigenvalue weighted by molar-refractivity contribution is 6.35. The Labute approximate surface area is 193 Å². The molecule has 0 aliphatic carbocycles. The zero-order chi connectivity index (χ0) is 24.1. The fourth-order valence-corrected chi connectivity index (χ4v) is 2.65. The van der Waals surface area contributed by atoms with Crippen molar-refractivity contribution in [3.05, 3.63) is 59.7 Å². The van der Waals surface area contributed by atoms with Gasteiger partial charge in [-0.25, -0.2) is 5.43 Å². The predicted octanol–water partition coefficient (Wildman–Crippen LogP) is 2.39. The van der Waals surface area contributed by atoms with Crippen LogP contribution in [0.5, 0.6) is 5.75 Å². The molecular weight excluding hydrogens is 424 g/mol. The fourth-order valence-electron chi connectivity index (χ4n) is 2.65. The first-order valence-electron chi connectivity index (χ1n) is 10.7. The van der Waals surface area contributed by atoms with E-state index in [0.717, 1.165) is 11.3 Å². The van der Waals surface area contributed by atoms with Crippen molar-refractivity contribution in [2.45, 2.75) is 33.3 Å². The average molecular weight is 455 g/mol. The SMILES string of the molecule is Cc1ccccc1NC(=O)COc1ccccc1C=NNC(=O)C(=O)NCCCOC(C)C. The van der Waals surface area contributed by atoms with Gasteiger partial charge >= 0.3 is 11.8 Å². The van der Waals surface area contributed by atoms with E-state index in [2.05, 4.69) is 21.2 Å². The Morgan fingerprint density at radius 2 is 1.76 bits per heavy atom. The number of ether oxygens (including phenoxy) is 2. The van der Waals surface area contributed by atoms with Crippen molar-refractivity contribution in [3.8, 4) is 5.75 Å². The van der Waals surface area contributed by atoms with Gasteiger partial charge in [-0.3, -0.25) is 14.4 Å². The zero-order valence-electron chi connectivity index (χ0n) is 19.1. The molecular formula is C24H30N4O5. The van der Waals surface area contributed by atoms with Gasteiger partial charge in [0.15, 0.2) is 6.61 Å². The highest BCUT2D eigenvalue weighted by atomic mass is 16.5. The average Bonchev–Trinajstić information content (AvgIpc) is 2.79. The molecule has 33 heavy (non-hydrogen) atoms. The van der Waals surface area contributed by atoms with Crippen molar-refractivity contribution in [2.75, 3.05) is 25.1 Å². The van der Waals surface area contributed by atoms with Gasteiger partial charge in [-0.15, -0.1) is 0 Å². The van der Waals surface area contributed by atoms with Crippen LogP contribution in [0.25, 0.3) is 0 Å². The number of carbonyl (C=O) groups excluding carboxylic acids is 3. The Balaban J connectivity index is 1.80. The first kappa shape index (κ1) is 25.5. The summed E-state index contributed by atoms with van der Waals surface area (Å²) in [6.07, 6.45) is 2.06. The smallest absolute Gasteiger partial charge is 0.329 e. The molecule has 2 aromatic rings. The van der Waals surface area contributed by atoms with Crippen molar-refractivity contribution < 1.29 is 23.9 Å². The van der Waals surface area contributed by atoms with Crippen LogP contribution in [0.15, 0.2) is 53.6 Å². The summed E-state index contributed by atoms with van der Waals surface area (Å²) in [6.45, 7) is 6.37. The lowest BCUT2D eigenvalue weighted by molar-refractivity contribution is -0.139. The number of carbonyl (C=O) groups is 3. The van der Waals surface area contributed by atoms with Crippen LogP contribution in [0.4, 0.5) is 5.69 Å². The number of benzene rings is 2. The summed E-state index contributed by atoms with van der Waals surface area (Å²) >= 11 is 0. The number of amides is 3. The van der Waals surface area contributed by atoms with Crippen LogP contribution in [0, 0.1) is 6.92 Å². The standard InChI is InChI=1S/C24H30N4O5/c1-17(2)32-14-8-13-25-23(30)24(31)28-26-15-19-10-5-7-12-21(19)33-16-22(29)27-20-11-6-4-9-18(20)3/h4-7,9-12,15,17H,8,13-14,16H2,1-3H3,(H,25,30)(H,27,29)(H,28,31). The van der Waals surface area contributed by atoms with Crippen LogP contribution >= 0.6 is 0 Å². The number of hydrogen-bond donors (Lipinski definition) is 3. The van der Waals surface area contributed by atoms with Crippen LogP contribution in [-0.4, -0.2) is 49.8 Å². The Bertz CT molecular complexity index is 975. The lowest BCUT2D eigenvalue weighted by Crippen LogP contribution is -2.38. The second-order valence-electron chi connectivity index (χ2n) is 7.42. The number of para-hydroxylation sites is 2. The minimum Gasteiger partial charge on any atom is -0.483 e. The van der Waals surface area contributed by atoms with Crippen molar-refractivity contribution in [1.82, 2.24) is 10.7 Å². The second kappa shape index (κ2) is 13.6. The van der Waals surface area contributed by atoms with Gasteiger partial charge < -0.3 is 20.1 Å². The minimum atomic E-state index is -0.882. The molecule has 0 aliphatic heterocycles. The third-order valence-corrected chi connectivity index (χ3v) is 4.33. The van der Waals surface area contributed by atoms with Gasteiger partial charge in [0.05, 0.1) is 12.3 Å². The first-order chi connectivity index (χ1) is 15.9. The molecule has 0 fully saturated rings. The predicted molar refractivity (Wildman–Crippen MR) is 126 cm³/mol. The summed E-state index contributed by atoms with van der Waals surface area (Å²) in [4.78, 5) is 35.9. The van der Waals surface area contributed by atoms with Crippen LogP contribution < -0.4 is 20.8 Å². The molecule has 0 heterocycles. The fraction of sp³-hybridized carbons (Fsp3) is 0.333. The Kier molecular flexibility index (Phi) is 10.6. The van der Waals surface area contributed by atoms with Crippen molar-refractivity contribution >= 4 is 29.6 Å². The van der Waals surface area contributed by atoms with E-state index in [1.807, 2.05) is 45.0 Å². The van der Waals surface area contributed by atoms with E-state index in [1.54, 1.807) is 24.3 Å². The summed E-state index contributed by atoms with van der Waals surface area (Å²) in [6, 6.07) is 14.3. The van der Waals surface area contributed by atoms with Crippen molar-refractivity contribution in [1.29, 1.82) is 0 Å². The number of aryl methyl sites for hydroxylation is 1. The third kappa shape index (κ3) is 9.53. The van der Waals surface area contributed by atoms with Crippen LogP contribution in [0.2, 0.25) is 0 Å². The topological polar surface area (TPSA) is 118 Å². The van der Waals surface area contributed by atoms with Gasteiger partial charge in [-0.1, -0.05) is 30.3 Å². The molecule has 0 unspecified atom stereocenters. The van der Waals surface area contributed by atoms with Gasteiger partial charge in [0.25, 0.3) is 5.91 Å². The molecule has 0 bridgehead atoms. The minimum absolute atomic E-state index is 0.118. The van der Waals surface area contributed by atoms with Crippen molar-refractivity contribution in [2.24, 2.45) is 5.10 Å².